The summed E-state index contributed by atoms with van der Waals surface area (Å²) >= 11 is 7.93. The molecule has 0 spiro atoms. The predicted molar refractivity (Wildman–Crippen MR) is 91.3 cm³/mol. The Morgan fingerprint density at radius 3 is 2.76 bits per heavy atom. The van der Waals surface area contributed by atoms with E-state index >= 15 is 0 Å². The number of rotatable bonds is 5. The Bertz CT molecular complexity index is 740. The molecule has 0 radical (unpaired) electrons. The summed E-state index contributed by atoms with van der Waals surface area (Å²) in [4.78, 5) is 11.0. The van der Waals surface area contributed by atoms with Crippen molar-refractivity contribution in [2.24, 2.45) is 0 Å². The number of unbranched alkanes of at least 4 members (excludes halogenated alkanes) is 1. The molecule has 3 nitrogen and oxygen atoms in total. The fourth-order valence-corrected chi connectivity index (χ4v) is 3.40. The van der Waals surface area contributed by atoms with Gasteiger partial charge in [0, 0.05) is 16.8 Å². The maximum atomic E-state index is 6.29. The van der Waals surface area contributed by atoms with Gasteiger partial charge in [-0.3, -0.25) is 0 Å². The quantitative estimate of drug-likeness (QED) is 0.517. The van der Waals surface area contributed by atoms with E-state index < -0.39 is 0 Å². The molecule has 0 amide bonds. The number of nitrogens with one attached hydrogen (secondary N) is 1. The number of hydrogen-bond acceptors (Lipinski definition) is 4. The Hall–Kier alpha value is -1.65. The van der Waals surface area contributed by atoms with E-state index in [9.17, 15) is 0 Å². The molecule has 0 saturated carbocycles. The first-order valence-corrected chi connectivity index (χ1v) is 8.23. The van der Waals surface area contributed by atoms with Crippen LogP contribution in [0.5, 0.6) is 0 Å². The SMILES string of the molecule is CCCCNc1nc(Cl)c2cc(-c3ccccc3)sc2n1. The van der Waals surface area contributed by atoms with Crippen LogP contribution in [0.2, 0.25) is 5.15 Å². The average molecular weight is 318 g/mol. The second-order valence-electron chi connectivity index (χ2n) is 4.81. The van der Waals surface area contributed by atoms with Gasteiger partial charge in [0.15, 0.2) is 0 Å². The van der Waals surface area contributed by atoms with Crippen molar-refractivity contribution >= 4 is 39.1 Å². The lowest BCUT2D eigenvalue weighted by atomic mass is 10.2. The molecule has 0 atom stereocenters. The normalized spacial score (nSPS) is 11.0. The van der Waals surface area contributed by atoms with Gasteiger partial charge in [0.05, 0.1) is 0 Å². The fraction of sp³-hybridized carbons (Fsp3) is 0.250. The Morgan fingerprint density at radius 1 is 1.19 bits per heavy atom. The molecule has 1 aromatic carbocycles. The smallest absolute Gasteiger partial charge is 0.225 e. The van der Waals surface area contributed by atoms with Crippen molar-refractivity contribution in [3.05, 3.63) is 41.6 Å². The van der Waals surface area contributed by atoms with Crippen LogP contribution in [0.15, 0.2) is 36.4 Å². The van der Waals surface area contributed by atoms with Gasteiger partial charge in [-0.2, -0.15) is 0 Å². The van der Waals surface area contributed by atoms with E-state index in [0.29, 0.717) is 11.1 Å². The zero-order chi connectivity index (χ0) is 14.7. The molecular formula is C16H16ClN3S. The van der Waals surface area contributed by atoms with Crippen molar-refractivity contribution in [3.63, 3.8) is 0 Å². The Kier molecular flexibility index (Phi) is 4.36. The first-order valence-electron chi connectivity index (χ1n) is 7.04. The van der Waals surface area contributed by atoms with Crippen molar-refractivity contribution in [2.45, 2.75) is 19.8 Å². The van der Waals surface area contributed by atoms with Crippen LogP contribution >= 0.6 is 22.9 Å². The van der Waals surface area contributed by atoms with Crippen LogP contribution in [-0.4, -0.2) is 16.5 Å². The number of benzene rings is 1. The van der Waals surface area contributed by atoms with Gasteiger partial charge in [-0.15, -0.1) is 11.3 Å². The summed E-state index contributed by atoms with van der Waals surface area (Å²) in [5.41, 5.74) is 1.18. The van der Waals surface area contributed by atoms with Gasteiger partial charge < -0.3 is 5.32 Å². The number of fused-ring (bicyclic) bond motifs is 1. The lowest BCUT2D eigenvalue weighted by Gasteiger charge is -2.03. The summed E-state index contributed by atoms with van der Waals surface area (Å²) in [5.74, 6) is 0.613. The topological polar surface area (TPSA) is 37.8 Å². The standard InChI is InChI=1S/C16H16ClN3S/c1-2-3-9-18-16-19-14(17)12-10-13(21-15(12)20-16)11-7-5-4-6-8-11/h4-8,10H,2-3,9H2,1H3,(H,18,19,20). The molecule has 0 aliphatic heterocycles. The van der Waals surface area contributed by atoms with Crippen LogP contribution in [0.25, 0.3) is 20.7 Å². The summed E-state index contributed by atoms with van der Waals surface area (Å²) in [7, 11) is 0. The van der Waals surface area contributed by atoms with E-state index in [4.69, 9.17) is 11.6 Å². The van der Waals surface area contributed by atoms with Crippen LogP contribution in [0.3, 0.4) is 0 Å². The molecule has 0 aliphatic rings. The van der Waals surface area contributed by atoms with Gasteiger partial charge >= 0.3 is 0 Å². The summed E-state index contributed by atoms with van der Waals surface area (Å²) < 4.78 is 0. The van der Waals surface area contributed by atoms with Crippen molar-refractivity contribution < 1.29 is 0 Å². The molecule has 0 fully saturated rings. The molecule has 1 N–H and O–H groups in total. The van der Waals surface area contributed by atoms with Gasteiger partial charge in [-0.1, -0.05) is 55.3 Å². The molecule has 3 aromatic rings. The minimum absolute atomic E-state index is 0.512. The van der Waals surface area contributed by atoms with E-state index in [0.717, 1.165) is 34.5 Å². The molecule has 2 heterocycles. The highest BCUT2D eigenvalue weighted by atomic mass is 35.5. The second-order valence-corrected chi connectivity index (χ2v) is 6.20. The van der Waals surface area contributed by atoms with Gasteiger partial charge in [0.1, 0.15) is 9.98 Å². The summed E-state index contributed by atoms with van der Waals surface area (Å²) in [6.07, 6.45) is 2.23. The number of aromatic nitrogens is 2. The summed E-state index contributed by atoms with van der Waals surface area (Å²) in [5, 5.41) is 4.66. The van der Waals surface area contributed by atoms with Crippen molar-refractivity contribution in [1.82, 2.24) is 9.97 Å². The van der Waals surface area contributed by atoms with Crippen LogP contribution < -0.4 is 5.32 Å². The molecule has 0 aliphatic carbocycles. The molecular weight excluding hydrogens is 302 g/mol. The number of nitrogens with zero attached hydrogens (tertiary/aromatic N) is 2. The van der Waals surface area contributed by atoms with E-state index in [1.165, 1.54) is 5.56 Å². The van der Waals surface area contributed by atoms with E-state index in [1.807, 2.05) is 18.2 Å². The third-order valence-electron chi connectivity index (χ3n) is 3.22. The van der Waals surface area contributed by atoms with Crippen LogP contribution in [0.1, 0.15) is 19.8 Å². The van der Waals surface area contributed by atoms with E-state index in [1.54, 1.807) is 11.3 Å². The van der Waals surface area contributed by atoms with Crippen molar-refractivity contribution in [3.8, 4) is 10.4 Å². The third-order valence-corrected chi connectivity index (χ3v) is 4.58. The average Bonchev–Trinajstić information content (AvgIpc) is 2.93. The highest BCUT2D eigenvalue weighted by molar-refractivity contribution is 7.22. The Morgan fingerprint density at radius 2 is 2.00 bits per heavy atom. The summed E-state index contributed by atoms with van der Waals surface area (Å²) in [6, 6.07) is 12.3. The molecule has 2 aromatic heterocycles. The molecule has 0 bridgehead atoms. The second kappa shape index (κ2) is 6.41. The molecule has 0 saturated heterocycles. The number of hydrogen-bond donors (Lipinski definition) is 1. The molecule has 0 unspecified atom stereocenters. The van der Waals surface area contributed by atoms with Crippen LogP contribution in [0, 0.1) is 0 Å². The highest BCUT2D eigenvalue weighted by Gasteiger charge is 2.11. The predicted octanol–water partition coefficient (Wildman–Crippen LogP) is 5.22. The van der Waals surface area contributed by atoms with Gasteiger partial charge in [0.25, 0.3) is 0 Å². The maximum Gasteiger partial charge on any atom is 0.225 e. The van der Waals surface area contributed by atoms with E-state index in [-0.39, 0.29) is 0 Å². The lowest BCUT2D eigenvalue weighted by molar-refractivity contribution is 0.827. The van der Waals surface area contributed by atoms with Crippen molar-refractivity contribution in [1.29, 1.82) is 0 Å². The molecule has 108 valence electrons. The third kappa shape index (κ3) is 3.17. The minimum Gasteiger partial charge on any atom is -0.354 e. The summed E-state index contributed by atoms with van der Waals surface area (Å²) in [6.45, 7) is 3.03. The molecule has 3 rings (SSSR count). The van der Waals surface area contributed by atoms with Gasteiger partial charge in [-0.05, 0) is 18.1 Å². The fourth-order valence-electron chi connectivity index (χ4n) is 2.09. The van der Waals surface area contributed by atoms with Gasteiger partial charge in [0.2, 0.25) is 5.95 Å². The first-order chi connectivity index (χ1) is 10.3. The largest absolute Gasteiger partial charge is 0.354 e. The lowest BCUT2D eigenvalue weighted by Crippen LogP contribution is -2.04. The maximum absolute atomic E-state index is 6.29. The van der Waals surface area contributed by atoms with E-state index in [2.05, 4.69) is 40.4 Å². The van der Waals surface area contributed by atoms with Crippen LogP contribution in [-0.2, 0) is 0 Å². The number of thiophene rings is 1. The zero-order valence-corrected chi connectivity index (χ0v) is 13.3. The Balaban J connectivity index is 1.95. The van der Waals surface area contributed by atoms with Gasteiger partial charge in [-0.25, -0.2) is 9.97 Å². The first kappa shape index (κ1) is 14.3. The highest BCUT2D eigenvalue weighted by Crippen LogP contribution is 2.35. The molecule has 5 heteroatoms. The van der Waals surface area contributed by atoms with Crippen molar-refractivity contribution in [2.75, 3.05) is 11.9 Å². The monoisotopic (exact) mass is 317 g/mol. The number of anilines is 1. The minimum atomic E-state index is 0.512. The Labute approximate surface area is 133 Å². The zero-order valence-electron chi connectivity index (χ0n) is 11.8. The van der Waals surface area contributed by atoms with Crippen LogP contribution in [0.4, 0.5) is 5.95 Å². The number of halogens is 1. The molecule has 21 heavy (non-hydrogen) atoms.